The summed E-state index contributed by atoms with van der Waals surface area (Å²) in [5.74, 6) is 1.11. The van der Waals surface area contributed by atoms with Crippen molar-refractivity contribution in [3.8, 4) is 5.75 Å². The summed E-state index contributed by atoms with van der Waals surface area (Å²) in [6, 6.07) is 7.36. The number of para-hydroxylation sites is 1. The molecule has 1 saturated heterocycles. The molecule has 1 unspecified atom stereocenters. The van der Waals surface area contributed by atoms with Crippen molar-refractivity contribution in [2.75, 3.05) is 26.7 Å². The zero-order chi connectivity index (χ0) is 13.0. The first-order chi connectivity index (χ1) is 8.76. The number of hydrogen-bond acceptors (Lipinski definition) is 3. The van der Waals surface area contributed by atoms with Gasteiger partial charge < -0.3 is 15.4 Å². The summed E-state index contributed by atoms with van der Waals surface area (Å²) in [5.41, 5.74) is 6.33. The lowest BCUT2D eigenvalue weighted by molar-refractivity contribution is 0.0675. The molecule has 1 aliphatic rings. The van der Waals surface area contributed by atoms with Crippen LogP contribution in [0, 0.1) is 5.92 Å². The molecule has 1 amide bonds. The van der Waals surface area contributed by atoms with Crippen LogP contribution in [-0.2, 0) is 0 Å². The molecule has 4 heteroatoms. The van der Waals surface area contributed by atoms with Crippen molar-refractivity contribution in [3.63, 3.8) is 0 Å². The zero-order valence-electron chi connectivity index (χ0n) is 10.8. The Morgan fingerprint density at radius 1 is 1.50 bits per heavy atom. The van der Waals surface area contributed by atoms with Crippen LogP contribution in [0.4, 0.5) is 0 Å². The van der Waals surface area contributed by atoms with Gasteiger partial charge in [-0.1, -0.05) is 12.1 Å². The number of carbonyl (C=O) groups excluding carboxylic acids is 1. The van der Waals surface area contributed by atoms with Gasteiger partial charge in [0.05, 0.1) is 12.7 Å². The molecule has 2 rings (SSSR count). The van der Waals surface area contributed by atoms with Crippen LogP contribution in [-0.4, -0.2) is 37.6 Å². The van der Waals surface area contributed by atoms with Crippen LogP contribution in [0.15, 0.2) is 24.3 Å². The number of piperidine rings is 1. The van der Waals surface area contributed by atoms with Gasteiger partial charge in [0.25, 0.3) is 5.91 Å². The van der Waals surface area contributed by atoms with E-state index in [1.54, 1.807) is 7.11 Å². The van der Waals surface area contributed by atoms with Crippen molar-refractivity contribution in [1.82, 2.24) is 4.90 Å². The SMILES string of the molecule is COc1ccccc1C(=O)N1CCCC(CN)C1. The van der Waals surface area contributed by atoms with Gasteiger partial charge in [-0.05, 0) is 37.4 Å². The highest BCUT2D eigenvalue weighted by Gasteiger charge is 2.25. The van der Waals surface area contributed by atoms with E-state index >= 15 is 0 Å². The Morgan fingerprint density at radius 3 is 3.00 bits per heavy atom. The molecule has 0 radical (unpaired) electrons. The number of benzene rings is 1. The molecule has 2 N–H and O–H groups in total. The minimum Gasteiger partial charge on any atom is -0.496 e. The Morgan fingerprint density at radius 2 is 2.28 bits per heavy atom. The maximum atomic E-state index is 12.4. The highest BCUT2D eigenvalue weighted by Crippen LogP contribution is 2.22. The summed E-state index contributed by atoms with van der Waals surface area (Å²) in [6.45, 7) is 2.22. The molecule has 18 heavy (non-hydrogen) atoms. The first kappa shape index (κ1) is 12.9. The number of likely N-dealkylation sites (tertiary alicyclic amines) is 1. The van der Waals surface area contributed by atoms with Crippen LogP contribution >= 0.6 is 0 Å². The zero-order valence-corrected chi connectivity index (χ0v) is 10.8. The van der Waals surface area contributed by atoms with Gasteiger partial charge in [-0.25, -0.2) is 0 Å². The third kappa shape index (κ3) is 2.64. The normalized spacial score (nSPS) is 19.7. The summed E-state index contributed by atoms with van der Waals surface area (Å²) in [4.78, 5) is 14.3. The third-order valence-electron chi connectivity index (χ3n) is 3.48. The Labute approximate surface area is 108 Å². The predicted octanol–water partition coefficient (Wildman–Crippen LogP) is 1.51. The minimum absolute atomic E-state index is 0.0469. The molecule has 0 bridgehead atoms. The van der Waals surface area contributed by atoms with E-state index in [4.69, 9.17) is 10.5 Å². The maximum Gasteiger partial charge on any atom is 0.257 e. The molecule has 0 saturated carbocycles. The Kier molecular flexibility index (Phi) is 4.20. The number of ether oxygens (including phenoxy) is 1. The fraction of sp³-hybridized carbons (Fsp3) is 0.500. The quantitative estimate of drug-likeness (QED) is 0.882. The Bertz CT molecular complexity index is 420. The van der Waals surface area contributed by atoms with E-state index in [1.165, 1.54) is 0 Å². The molecule has 1 heterocycles. The summed E-state index contributed by atoms with van der Waals surface area (Å²) < 4.78 is 5.24. The number of nitrogens with zero attached hydrogens (tertiary/aromatic N) is 1. The number of carbonyl (C=O) groups is 1. The maximum absolute atomic E-state index is 12.4. The smallest absolute Gasteiger partial charge is 0.257 e. The second-order valence-corrected chi connectivity index (χ2v) is 4.70. The molecule has 0 aromatic heterocycles. The Hall–Kier alpha value is -1.55. The fourth-order valence-corrected chi connectivity index (χ4v) is 2.43. The lowest BCUT2D eigenvalue weighted by atomic mass is 9.97. The second kappa shape index (κ2) is 5.87. The molecule has 0 aliphatic carbocycles. The van der Waals surface area contributed by atoms with Gasteiger partial charge in [0, 0.05) is 13.1 Å². The summed E-state index contributed by atoms with van der Waals surface area (Å²) in [5, 5.41) is 0. The molecule has 98 valence electrons. The average Bonchev–Trinajstić information content (AvgIpc) is 2.46. The molecule has 4 nitrogen and oxygen atoms in total. The topological polar surface area (TPSA) is 55.6 Å². The number of methoxy groups -OCH3 is 1. The molecule has 1 aromatic carbocycles. The van der Waals surface area contributed by atoms with Gasteiger partial charge in [0.15, 0.2) is 0 Å². The first-order valence-corrected chi connectivity index (χ1v) is 6.38. The highest BCUT2D eigenvalue weighted by molar-refractivity contribution is 5.97. The molecule has 1 fully saturated rings. The summed E-state index contributed by atoms with van der Waals surface area (Å²) >= 11 is 0. The van der Waals surface area contributed by atoms with Gasteiger partial charge in [-0.2, -0.15) is 0 Å². The molecule has 1 atom stereocenters. The van der Waals surface area contributed by atoms with Crippen LogP contribution in [0.1, 0.15) is 23.2 Å². The largest absolute Gasteiger partial charge is 0.496 e. The van der Waals surface area contributed by atoms with Crippen molar-refractivity contribution < 1.29 is 9.53 Å². The number of nitrogens with two attached hydrogens (primary N) is 1. The fourth-order valence-electron chi connectivity index (χ4n) is 2.43. The van der Waals surface area contributed by atoms with E-state index in [1.807, 2.05) is 29.2 Å². The van der Waals surface area contributed by atoms with Crippen LogP contribution < -0.4 is 10.5 Å². The van der Waals surface area contributed by atoms with E-state index in [2.05, 4.69) is 0 Å². The number of hydrogen-bond donors (Lipinski definition) is 1. The van der Waals surface area contributed by atoms with Gasteiger partial charge >= 0.3 is 0 Å². The van der Waals surface area contributed by atoms with E-state index in [9.17, 15) is 4.79 Å². The van der Waals surface area contributed by atoms with Crippen molar-refractivity contribution in [2.45, 2.75) is 12.8 Å². The van der Waals surface area contributed by atoms with E-state index < -0.39 is 0 Å². The van der Waals surface area contributed by atoms with Gasteiger partial charge in [-0.3, -0.25) is 4.79 Å². The molecule has 1 aromatic rings. The van der Waals surface area contributed by atoms with Crippen LogP contribution in [0.5, 0.6) is 5.75 Å². The van der Waals surface area contributed by atoms with E-state index in [0.29, 0.717) is 23.8 Å². The highest BCUT2D eigenvalue weighted by atomic mass is 16.5. The van der Waals surface area contributed by atoms with Gasteiger partial charge in [0.1, 0.15) is 5.75 Å². The van der Waals surface area contributed by atoms with Crippen molar-refractivity contribution in [2.24, 2.45) is 11.7 Å². The molecule has 1 aliphatic heterocycles. The molecular weight excluding hydrogens is 228 g/mol. The first-order valence-electron chi connectivity index (χ1n) is 6.38. The van der Waals surface area contributed by atoms with Crippen molar-refractivity contribution in [1.29, 1.82) is 0 Å². The third-order valence-corrected chi connectivity index (χ3v) is 3.48. The minimum atomic E-state index is 0.0469. The van der Waals surface area contributed by atoms with Crippen LogP contribution in [0.2, 0.25) is 0 Å². The average molecular weight is 248 g/mol. The molecule has 0 spiro atoms. The van der Waals surface area contributed by atoms with Crippen molar-refractivity contribution in [3.05, 3.63) is 29.8 Å². The van der Waals surface area contributed by atoms with Crippen LogP contribution in [0.25, 0.3) is 0 Å². The van der Waals surface area contributed by atoms with E-state index in [0.717, 1.165) is 25.9 Å². The Balaban J connectivity index is 2.15. The predicted molar refractivity (Wildman–Crippen MR) is 70.7 cm³/mol. The monoisotopic (exact) mass is 248 g/mol. The van der Waals surface area contributed by atoms with Crippen molar-refractivity contribution >= 4 is 5.91 Å². The second-order valence-electron chi connectivity index (χ2n) is 4.70. The number of rotatable bonds is 3. The lowest BCUT2D eigenvalue weighted by Gasteiger charge is -2.32. The van der Waals surface area contributed by atoms with Gasteiger partial charge in [0.2, 0.25) is 0 Å². The van der Waals surface area contributed by atoms with Gasteiger partial charge in [-0.15, -0.1) is 0 Å². The molecular formula is C14H20N2O2. The lowest BCUT2D eigenvalue weighted by Crippen LogP contribution is -2.42. The summed E-state index contributed by atoms with van der Waals surface area (Å²) in [6.07, 6.45) is 2.15. The van der Waals surface area contributed by atoms with E-state index in [-0.39, 0.29) is 5.91 Å². The summed E-state index contributed by atoms with van der Waals surface area (Å²) in [7, 11) is 1.59. The number of amides is 1. The standard InChI is InChI=1S/C14H20N2O2/c1-18-13-7-3-2-6-12(13)14(17)16-8-4-5-11(9-15)10-16/h2-3,6-7,11H,4-5,8-10,15H2,1H3. The van der Waals surface area contributed by atoms with Crippen LogP contribution in [0.3, 0.4) is 0 Å².